The van der Waals surface area contributed by atoms with E-state index in [1.54, 1.807) is 33.4 Å². The lowest BCUT2D eigenvalue weighted by atomic mass is 9.77. The van der Waals surface area contributed by atoms with Crippen LogP contribution in [0.2, 0.25) is 0 Å². The van der Waals surface area contributed by atoms with Gasteiger partial charge in [0.15, 0.2) is 0 Å². The van der Waals surface area contributed by atoms with Crippen LogP contribution in [0.1, 0.15) is 72.2 Å². The van der Waals surface area contributed by atoms with Gasteiger partial charge >= 0.3 is 7.12 Å². The molecule has 0 atom stereocenters. The predicted octanol–water partition coefficient (Wildman–Crippen LogP) is 8.20. The number of hydrogen-bond acceptors (Lipinski definition) is 2. The van der Waals surface area contributed by atoms with Crippen molar-refractivity contribution in [2.24, 2.45) is 10.8 Å². The third kappa shape index (κ3) is 4.93. The van der Waals surface area contributed by atoms with Gasteiger partial charge < -0.3 is 9.31 Å². The summed E-state index contributed by atoms with van der Waals surface area (Å²) in [7, 11) is -0.261. The van der Waals surface area contributed by atoms with Gasteiger partial charge in [-0.15, -0.1) is 0 Å². The first-order valence-corrected chi connectivity index (χ1v) is 17.2. The molecular formula is C40H42BBrO2. The van der Waals surface area contributed by atoms with Crippen molar-refractivity contribution in [2.45, 2.75) is 90.3 Å². The Morgan fingerprint density at radius 3 is 1.30 bits per heavy atom. The molecule has 224 valence electrons. The summed E-state index contributed by atoms with van der Waals surface area (Å²) in [5, 5.41) is 0. The van der Waals surface area contributed by atoms with Crippen molar-refractivity contribution in [2.75, 3.05) is 0 Å². The zero-order chi connectivity index (χ0) is 30.3. The number of hydrogen-bond donors (Lipinski definition) is 0. The SMILES string of the molecule is Brc1ccc2c(c1)CC1(Cc3ccccc3C1)C2.CC1(C)OB(c2ccc3c(c2)CC2(Cc4ccccc4C2)C3)OC1(C)C. The molecule has 0 aromatic heterocycles. The fraction of sp³-hybridized carbons (Fsp3) is 0.400. The molecular weight excluding hydrogens is 603 g/mol. The van der Waals surface area contributed by atoms with Crippen LogP contribution in [0.15, 0.2) is 89.4 Å². The number of rotatable bonds is 1. The third-order valence-corrected chi connectivity index (χ3v) is 12.2. The molecule has 0 unspecified atom stereocenters. The minimum Gasteiger partial charge on any atom is -0.399 e. The first-order valence-electron chi connectivity index (χ1n) is 16.4. The molecule has 5 aliphatic rings. The Hall–Kier alpha value is -2.66. The Morgan fingerprint density at radius 2 is 0.841 bits per heavy atom. The molecule has 44 heavy (non-hydrogen) atoms. The second-order valence-electron chi connectivity index (χ2n) is 15.5. The standard InChI is InChI=1S/C23H27BO2.C17H15Br/c1-21(2)22(3,4)26-24(25-21)20-10-9-18-14-23(15-19(18)11-20)12-16-7-5-6-8-17(16)13-23;18-16-6-5-14-10-17(11-15(14)7-16)8-12-3-1-2-4-13(12)9-17/h5-11H,12-15H2,1-4H3;1-7H,8-11H2. The molecule has 0 amide bonds. The molecule has 0 radical (unpaired) electrons. The van der Waals surface area contributed by atoms with Crippen LogP contribution >= 0.6 is 15.9 Å². The summed E-state index contributed by atoms with van der Waals surface area (Å²) in [4.78, 5) is 0. The Labute approximate surface area is 271 Å². The van der Waals surface area contributed by atoms with Gasteiger partial charge in [0.05, 0.1) is 11.2 Å². The second-order valence-corrected chi connectivity index (χ2v) is 16.4. The molecule has 4 aliphatic carbocycles. The van der Waals surface area contributed by atoms with E-state index in [1.807, 2.05) is 0 Å². The van der Waals surface area contributed by atoms with E-state index in [-0.39, 0.29) is 18.3 Å². The fourth-order valence-electron chi connectivity index (χ4n) is 8.83. The van der Waals surface area contributed by atoms with Crippen molar-refractivity contribution in [1.29, 1.82) is 0 Å². The zero-order valence-electron chi connectivity index (χ0n) is 26.5. The molecule has 1 heterocycles. The lowest BCUT2D eigenvalue weighted by molar-refractivity contribution is 0.00578. The van der Waals surface area contributed by atoms with Crippen molar-refractivity contribution >= 4 is 28.5 Å². The molecule has 0 N–H and O–H groups in total. The lowest BCUT2D eigenvalue weighted by Gasteiger charge is -2.32. The van der Waals surface area contributed by atoms with Crippen molar-refractivity contribution < 1.29 is 9.31 Å². The van der Waals surface area contributed by atoms with Gasteiger partial charge in [0.2, 0.25) is 0 Å². The average molecular weight is 645 g/mol. The maximum atomic E-state index is 6.26. The maximum Gasteiger partial charge on any atom is 0.494 e. The second kappa shape index (κ2) is 10.2. The van der Waals surface area contributed by atoms with Crippen molar-refractivity contribution in [3.05, 3.63) is 134 Å². The molecule has 4 heteroatoms. The summed E-state index contributed by atoms with van der Waals surface area (Å²) in [5.41, 5.74) is 13.8. The van der Waals surface area contributed by atoms with Crippen LogP contribution in [0.4, 0.5) is 0 Å². The topological polar surface area (TPSA) is 18.5 Å². The van der Waals surface area contributed by atoms with Gasteiger partial charge in [0, 0.05) is 4.47 Å². The highest BCUT2D eigenvalue weighted by Crippen LogP contribution is 2.48. The highest BCUT2D eigenvalue weighted by Gasteiger charge is 2.52. The first kappa shape index (κ1) is 28.8. The Balaban J connectivity index is 0.000000140. The molecule has 0 saturated carbocycles. The summed E-state index contributed by atoms with van der Waals surface area (Å²) in [6.07, 6.45) is 9.81. The smallest absolute Gasteiger partial charge is 0.399 e. The fourth-order valence-corrected chi connectivity index (χ4v) is 9.24. The first-order chi connectivity index (χ1) is 21.0. The van der Waals surface area contributed by atoms with E-state index in [2.05, 4.69) is 129 Å². The van der Waals surface area contributed by atoms with Crippen LogP contribution in [0.25, 0.3) is 0 Å². The van der Waals surface area contributed by atoms with Gasteiger partial charge in [-0.25, -0.2) is 0 Å². The van der Waals surface area contributed by atoms with Crippen LogP contribution in [-0.4, -0.2) is 18.3 Å². The van der Waals surface area contributed by atoms with E-state index >= 15 is 0 Å². The van der Waals surface area contributed by atoms with Gasteiger partial charge in [0.1, 0.15) is 0 Å². The number of fused-ring (bicyclic) bond motifs is 4. The quantitative estimate of drug-likeness (QED) is 0.195. The monoisotopic (exact) mass is 644 g/mol. The minimum atomic E-state index is -0.287. The minimum absolute atomic E-state index is 0.261. The number of benzene rings is 4. The highest BCUT2D eigenvalue weighted by atomic mass is 79.9. The van der Waals surface area contributed by atoms with E-state index in [9.17, 15) is 0 Å². The third-order valence-electron chi connectivity index (χ3n) is 11.7. The summed E-state index contributed by atoms with van der Waals surface area (Å²) in [6, 6.07) is 31.6. The molecule has 2 nitrogen and oxygen atoms in total. The summed E-state index contributed by atoms with van der Waals surface area (Å²) < 4.78 is 13.7. The Bertz CT molecular complexity index is 1710. The van der Waals surface area contributed by atoms with Gasteiger partial charge in [-0.3, -0.25) is 0 Å². The summed E-state index contributed by atoms with van der Waals surface area (Å²) in [5.74, 6) is 0. The average Bonchev–Trinajstić information content (AvgIpc) is 3.75. The van der Waals surface area contributed by atoms with Crippen LogP contribution in [0.5, 0.6) is 0 Å². The van der Waals surface area contributed by atoms with E-state index in [4.69, 9.17) is 9.31 Å². The molecule has 0 bridgehead atoms. The molecule has 2 spiro atoms. The molecule has 1 fully saturated rings. The van der Waals surface area contributed by atoms with E-state index in [0.717, 1.165) is 5.46 Å². The van der Waals surface area contributed by atoms with E-state index in [1.165, 1.54) is 67.0 Å². The largest absolute Gasteiger partial charge is 0.494 e. The van der Waals surface area contributed by atoms with Crippen LogP contribution < -0.4 is 5.46 Å². The maximum absolute atomic E-state index is 6.26. The number of halogens is 1. The molecule has 4 aromatic rings. The van der Waals surface area contributed by atoms with Gasteiger partial charge in [-0.2, -0.15) is 0 Å². The zero-order valence-corrected chi connectivity index (χ0v) is 28.1. The Morgan fingerprint density at radius 1 is 0.477 bits per heavy atom. The predicted molar refractivity (Wildman–Crippen MR) is 184 cm³/mol. The summed E-state index contributed by atoms with van der Waals surface area (Å²) >= 11 is 3.59. The Kier molecular flexibility index (Phi) is 6.66. The molecule has 1 aliphatic heterocycles. The van der Waals surface area contributed by atoms with Crippen LogP contribution in [0, 0.1) is 10.8 Å². The molecule has 9 rings (SSSR count). The van der Waals surface area contributed by atoms with E-state index in [0.29, 0.717) is 10.8 Å². The lowest BCUT2D eigenvalue weighted by Crippen LogP contribution is -2.41. The van der Waals surface area contributed by atoms with Crippen molar-refractivity contribution in [3.63, 3.8) is 0 Å². The highest BCUT2D eigenvalue weighted by molar-refractivity contribution is 9.10. The molecule has 1 saturated heterocycles. The normalized spacial score (nSPS) is 22.0. The van der Waals surface area contributed by atoms with Gasteiger partial charge in [-0.05, 0) is 152 Å². The van der Waals surface area contributed by atoms with Crippen LogP contribution in [-0.2, 0) is 60.7 Å². The summed E-state index contributed by atoms with van der Waals surface area (Å²) in [6.45, 7) is 8.46. The van der Waals surface area contributed by atoms with Crippen LogP contribution in [0.3, 0.4) is 0 Å². The van der Waals surface area contributed by atoms with Crippen molar-refractivity contribution in [1.82, 2.24) is 0 Å². The van der Waals surface area contributed by atoms with Gasteiger partial charge in [0.25, 0.3) is 0 Å². The van der Waals surface area contributed by atoms with Crippen molar-refractivity contribution in [3.8, 4) is 0 Å². The molecule has 4 aromatic carbocycles. The van der Waals surface area contributed by atoms with Gasteiger partial charge in [-0.1, -0.05) is 88.7 Å². The van der Waals surface area contributed by atoms with E-state index < -0.39 is 0 Å².